The van der Waals surface area contributed by atoms with Gasteiger partial charge in [-0.3, -0.25) is 14.4 Å². The molecule has 1 N–H and O–H groups in total. The van der Waals surface area contributed by atoms with Crippen LogP contribution in [0.5, 0.6) is 0 Å². The van der Waals surface area contributed by atoms with Gasteiger partial charge in [-0.2, -0.15) is 0 Å². The zero-order valence-corrected chi connectivity index (χ0v) is 27.5. The normalized spacial score (nSPS) is 31.7. The second-order valence-electron chi connectivity index (χ2n) is 14.6. The summed E-state index contributed by atoms with van der Waals surface area (Å²) in [6, 6.07) is 0. The lowest BCUT2D eigenvalue weighted by molar-refractivity contribution is -0.179. The fraction of sp³-hybridized carbons (Fsp3) is 0.694. The van der Waals surface area contributed by atoms with Crippen molar-refractivity contribution in [3.63, 3.8) is 0 Å². The lowest BCUT2D eigenvalue weighted by atomic mass is 9.38. The number of hydrogen-bond donors (Lipinski definition) is 1. The molecule has 5 nitrogen and oxygen atoms in total. The average Bonchev–Trinajstić information content (AvgIpc) is 3.25. The Balaban J connectivity index is 2.46. The number of hydrogen-bond acceptors (Lipinski definition) is 5. The molecular formula is C36H54O5. The Morgan fingerprint density at radius 3 is 2.12 bits per heavy atom. The number of carbonyl (C=O) groups is 3. The Morgan fingerprint density at radius 1 is 1.02 bits per heavy atom. The Kier molecular flexibility index (Phi) is 9.55. The minimum atomic E-state index is -1.79. The van der Waals surface area contributed by atoms with Gasteiger partial charge in [0.25, 0.3) is 0 Å². The number of fused-ring (bicyclic) bond motifs is 1. The first-order valence-corrected chi connectivity index (χ1v) is 15.6. The van der Waals surface area contributed by atoms with E-state index in [0.717, 1.165) is 5.57 Å². The Morgan fingerprint density at radius 2 is 1.61 bits per heavy atom. The van der Waals surface area contributed by atoms with Crippen LogP contribution in [0.25, 0.3) is 0 Å². The number of carbonyl (C=O) groups excluding carboxylic acids is 3. The third-order valence-corrected chi connectivity index (χ3v) is 10.2. The van der Waals surface area contributed by atoms with Gasteiger partial charge in [0.05, 0.1) is 11.0 Å². The predicted molar refractivity (Wildman–Crippen MR) is 165 cm³/mol. The highest BCUT2D eigenvalue weighted by molar-refractivity contribution is 6.33. The summed E-state index contributed by atoms with van der Waals surface area (Å²) in [6.45, 7) is 21.4. The highest BCUT2D eigenvalue weighted by Crippen LogP contribution is 2.70. The number of rotatable bonds is 11. The summed E-state index contributed by atoms with van der Waals surface area (Å²) in [5, 5.41) is 11.1. The molecule has 6 atom stereocenters. The summed E-state index contributed by atoms with van der Waals surface area (Å²) in [7, 11) is 0. The fourth-order valence-electron chi connectivity index (χ4n) is 7.51. The lowest BCUT2D eigenvalue weighted by Gasteiger charge is -2.60. The van der Waals surface area contributed by atoms with Crippen LogP contribution in [0, 0.1) is 28.1 Å². The topological polar surface area (TPSA) is 80.7 Å². The third-order valence-electron chi connectivity index (χ3n) is 10.2. The molecule has 3 rings (SSSR count). The average molecular weight is 567 g/mol. The van der Waals surface area contributed by atoms with Gasteiger partial charge < -0.3 is 9.84 Å². The van der Waals surface area contributed by atoms with Crippen molar-refractivity contribution in [2.75, 3.05) is 0 Å². The molecule has 1 heterocycles. The van der Waals surface area contributed by atoms with Crippen molar-refractivity contribution in [2.45, 2.75) is 133 Å². The zero-order chi connectivity index (χ0) is 31.1. The number of allylic oxidation sites excluding steroid dienone is 8. The number of ketones is 3. The van der Waals surface area contributed by atoms with Crippen LogP contribution in [-0.2, 0) is 19.1 Å². The smallest absolute Gasteiger partial charge is 0.184 e. The zero-order valence-electron chi connectivity index (χ0n) is 27.5. The van der Waals surface area contributed by atoms with Gasteiger partial charge >= 0.3 is 0 Å². The summed E-state index contributed by atoms with van der Waals surface area (Å²) >= 11 is 0. The summed E-state index contributed by atoms with van der Waals surface area (Å²) < 4.78 is 6.48. The van der Waals surface area contributed by atoms with E-state index in [-0.39, 0.29) is 29.7 Å². The first-order valence-electron chi connectivity index (χ1n) is 15.6. The SMILES string of the molecule is CCC(C)C(=O)[C@@]12C(=O)C(CC=C(C)C)=C3O[C@@H](C(C)(C)O)C[C@]3(C[C@H](CC=C(C)C)[C@@]1(C)CCC=C(C)C)C2=O. The molecule has 2 fully saturated rings. The predicted octanol–water partition coefficient (Wildman–Crippen LogP) is 8.03. The molecule has 1 spiro atoms. The molecule has 41 heavy (non-hydrogen) atoms. The molecular weight excluding hydrogens is 512 g/mol. The van der Waals surface area contributed by atoms with Gasteiger partial charge in [0.2, 0.25) is 0 Å². The maximum Gasteiger partial charge on any atom is 0.184 e. The van der Waals surface area contributed by atoms with E-state index in [4.69, 9.17) is 4.74 Å². The largest absolute Gasteiger partial charge is 0.490 e. The van der Waals surface area contributed by atoms with Crippen molar-refractivity contribution in [3.05, 3.63) is 46.3 Å². The van der Waals surface area contributed by atoms with E-state index in [0.29, 0.717) is 49.9 Å². The molecule has 0 aromatic carbocycles. The lowest BCUT2D eigenvalue weighted by Crippen LogP contribution is -2.70. The van der Waals surface area contributed by atoms with Gasteiger partial charge in [0, 0.05) is 17.9 Å². The first-order chi connectivity index (χ1) is 18.9. The Hall–Kier alpha value is -2.27. The minimum Gasteiger partial charge on any atom is -0.490 e. The highest BCUT2D eigenvalue weighted by Gasteiger charge is 2.78. The van der Waals surface area contributed by atoms with Gasteiger partial charge in [-0.25, -0.2) is 0 Å². The van der Waals surface area contributed by atoms with Crippen LogP contribution < -0.4 is 0 Å². The van der Waals surface area contributed by atoms with Crippen molar-refractivity contribution in [2.24, 2.45) is 28.1 Å². The molecule has 1 aliphatic heterocycles. The second kappa shape index (κ2) is 11.8. The van der Waals surface area contributed by atoms with Crippen LogP contribution in [0.3, 0.4) is 0 Å². The van der Waals surface area contributed by atoms with E-state index in [1.165, 1.54) is 11.1 Å². The summed E-state index contributed by atoms with van der Waals surface area (Å²) in [5.41, 5.74) is -1.15. The molecule has 1 saturated heterocycles. The van der Waals surface area contributed by atoms with E-state index in [1.54, 1.807) is 13.8 Å². The molecule has 0 radical (unpaired) electrons. The van der Waals surface area contributed by atoms with Crippen molar-refractivity contribution in [1.82, 2.24) is 0 Å². The molecule has 2 aliphatic carbocycles. The van der Waals surface area contributed by atoms with Gasteiger partial charge in [0.15, 0.2) is 22.8 Å². The quantitative estimate of drug-likeness (QED) is 0.202. The van der Waals surface area contributed by atoms with E-state index < -0.39 is 33.9 Å². The van der Waals surface area contributed by atoms with Crippen LogP contribution in [0.2, 0.25) is 0 Å². The monoisotopic (exact) mass is 566 g/mol. The summed E-state index contributed by atoms with van der Waals surface area (Å²) in [5.74, 6) is -1.01. The molecule has 2 bridgehead atoms. The van der Waals surface area contributed by atoms with Gasteiger partial charge in [-0.15, -0.1) is 0 Å². The second-order valence-corrected chi connectivity index (χ2v) is 14.6. The van der Waals surface area contributed by atoms with Crippen LogP contribution in [-0.4, -0.2) is 34.2 Å². The van der Waals surface area contributed by atoms with Crippen molar-refractivity contribution >= 4 is 17.3 Å². The molecule has 5 heteroatoms. The Bertz CT molecular complexity index is 1190. The molecule has 0 amide bonds. The number of ether oxygens (including phenoxy) is 1. The summed E-state index contributed by atoms with van der Waals surface area (Å²) in [4.78, 5) is 45.2. The van der Waals surface area contributed by atoms with Crippen molar-refractivity contribution < 1.29 is 24.2 Å². The molecule has 0 aromatic rings. The van der Waals surface area contributed by atoms with Crippen molar-refractivity contribution in [1.29, 1.82) is 0 Å². The van der Waals surface area contributed by atoms with Crippen LogP contribution >= 0.6 is 0 Å². The maximum atomic E-state index is 15.3. The molecule has 1 saturated carbocycles. The first kappa shape index (κ1) is 33.2. The van der Waals surface area contributed by atoms with Gasteiger partial charge in [0.1, 0.15) is 11.9 Å². The van der Waals surface area contributed by atoms with E-state index in [2.05, 4.69) is 39.8 Å². The summed E-state index contributed by atoms with van der Waals surface area (Å²) in [6.07, 6.45) is 9.26. The fourth-order valence-corrected chi connectivity index (χ4v) is 7.51. The van der Waals surface area contributed by atoms with Gasteiger partial charge in [-0.05, 0) is 105 Å². The minimum absolute atomic E-state index is 0.0956. The van der Waals surface area contributed by atoms with Gasteiger partial charge in [-0.1, -0.05) is 55.7 Å². The van der Waals surface area contributed by atoms with E-state index in [1.807, 2.05) is 40.7 Å². The van der Waals surface area contributed by atoms with Crippen molar-refractivity contribution in [3.8, 4) is 0 Å². The maximum absolute atomic E-state index is 15.3. The van der Waals surface area contributed by atoms with E-state index in [9.17, 15) is 9.90 Å². The third kappa shape index (κ3) is 5.48. The number of aliphatic hydroxyl groups is 1. The molecule has 1 unspecified atom stereocenters. The number of Topliss-reactive ketones (excluding diaryl/α,β-unsaturated/α-hetero) is 3. The molecule has 3 aliphatic rings. The van der Waals surface area contributed by atoms with Crippen LogP contribution in [0.4, 0.5) is 0 Å². The van der Waals surface area contributed by atoms with Crippen LogP contribution in [0.1, 0.15) is 121 Å². The standard InChI is InChI=1S/C36H54O5/c1-12-25(8)29(37)36-30(38)27(18-16-24(6)7)31-35(32(36)39,21-28(41-31)33(9,10)40)20-26(17-15-23(4)5)34(36,11)19-13-14-22(2)3/h14-16,25-26,28,40H,12-13,17-21H2,1-11H3/t25?,26-,28+,34+,35-,36-/m0/s1. The van der Waals surface area contributed by atoms with Crippen LogP contribution in [0.15, 0.2) is 46.3 Å². The molecule has 228 valence electrons. The Labute approximate surface area is 248 Å². The molecule has 0 aromatic heterocycles. The highest BCUT2D eigenvalue weighted by atomic mass is 16.5. The van der Waals surface area contributed by atoms with E-state index >= 15 is 9.59 Å².